The van der Waals surface area contributed by atoms with Crippen molar-refractivity contribution in [1.82, 2.24) is 4.98 Å². The Morgan fingerprint density at radius 2 is 1.67 bits per heavy atom. The van der Waals surface area contributed by atoms with Crippen LogP contribution in [0.5, 0.6) is 0 Å². The van der Waals surface area contributed by atoms with Crippen molar-refractivity contribution in [3.05, 3.63) is 75.4 Å². The van der Waals surface area contributed by atoms with Crippen LogP contribution in [0.15, 0.2) is 53.0 Å². The Kier molecular flexibility index (Phi) is 3.79. The van der Waals surface area contributed by atoms with E-state index in [4.69, 9.17) is 10.7 Å². The summed E-state index contributed by atoms with van der Waals surface area (Å²) in [7, 11) is 0. The minimum atomic E-state index is -0.234. The summed E-state index contributed by atoms with van der Waals surface area (Å²) in [6.07, 6.45) is 0. The molecule has 3 heteroatoms. The minimum absolute atomic E-state index is 0.234. The van der Waals surface area contributed by atoms with Gasteiger partial charge in [-0.15, -0.1) is 0 Å². The monoisotopic (exact) mass is 340 g/mol. The number of nitrogens with two attached hydrogens (primary N) is 1. The fourth-order valence-corrected chi connectivity index (χ4v) is 3.25. The van der Waals surface area contributed by atoms with Crippen molar-refractivity contribution in [3.8, 4) is 0 Å². The molecule has 0 radical (unpaired) electrons. The van der Waals surface area contributed by atoms with Crippen LogP contribution >= 0.6 is 15.9 Å². The van der Waals surface area contributed by atoms with Gasteiger partial charge in [0, 0.05) is 9.86 Å². The number of pyridine rings is 1. The van der Waals surface area contributed by atoms with Crippen molar-refractivity contribution in [2.24, 2.45) is 5.73 Å². The highest BCUT2D eigenvalue weighted by Crippen LogP contribution is 2.29. The third-order valence-corrected chi connectivity index (χ3v) is 4.24. The summed E-state index contributed by atoms with van der Waals surface area (Å²) in [5.74, 6) is 0. The largest absolute Gasteiger partial charge is 0.319 e. The Morgan fingerprint density at radius 3 is 2.38 bits per heavy atom. The fraction of sp³-hybridized carbons (Fsp3) is 0.167. The molecule has 0 aliphatic heterocycles. The first-order valence-corrected chi connectivity index (χ1v) is 7.73. The van der Waals surface area contributed by atoms with E-state index in [2.05, 4.69) is 60.1 Å². The summed E-state index contributed by atoms with van der Waals surface area (Å²) in [6, 6.07) is 16.3. The fourth-order valence-electron chi connectivity index (χ4n) is 2.67. The highest BCUT2D eigenvalue weighted by molar-refractivity contribution is 9.10. The van der Waals surface area contributed by atoms with Crippen LogP contribution in [0.1, 0.15) is 28.4 Å². The lowest BCUT2D eigenvalue weighted by Crippen LogP contribution is -2.15. The van der Waals surface area contributed by atoms with Crippen LogP contribution in [-0.2, 0) is 0 Å². The van der Waals surface area contributed by atoms with E-state index in [0.717, 1.165) is 26.6 Å². The van der Waals surface area contributed by atoms with Crippen LogP contribution in [0.25, 0.3) is 10.9 Å². The van der Waals surface area contributed by atoms with Gasteiger partial charge in [-0.25, -0.2) is 4.98 Å². The number of para-hydroxylation sites is 1. The lowest BCUT2D eigenvalue weighted by atomic mass is 9.99. The average Bonchev–Trinajstić information content (AvgIpc) is 2.44. The van der Waals surface area contributed by atoms with Gasteiger partial charge < -0.3 is 5.73 Å². The van der Waals surface area contributed by atoms with E-state index < -0.39 is 0 Å². The van der Waals surface area contributed by atoms with E-state index in [1.54, 1.807) is 0 Å². The molecule has 1 heterocycles. The van der Waals surface area contributed by atoms with Crippen molar-refractivity contribution < 1.29 is 0 Å². The van der Waals surface area contributed by atoms with E-state index in [1.807, 2.05) is 18.2 Å². The smallest absolute Gasteiger partial charge is 0.0765 e. The van der Waals surface area contributed by atoms with Crippen molar-refractivity contribution in [2.45, 2.75) is 19.9 Å². The number of aryl methyl sites for hydroxylation is 2. The molecule has 0 aliphatic rings. The molecule has 1 unspecified atom stereocenters. The Hall–Kier alpha value is -1.71. The van der Waals surface area contributed by atoms with Gasteiger partial charge in [0.2, 0.25) is 0 Å². The quantitative estimate of drug-likeness (QED) is 0.736. The number of nitrogens with zero attached hydrogens (tertiary/aromatic N) is 1. The van der Waals surface area contributed by atoms with E-state index in [0.29, 0.717) is 0 Å². The third-order valence-electron chi connectivity index (χ3n) is 3.60. The number of rotatable bonds is 2. The molecule has 0 fully saturated rings. The van der Waals surface area contributed by atoms with Crippen LogP contribution in [-0.4, -0.2) is 4.98 Å². The molecule has 0 saturated carbocycles. The molecule has 0 bridgehead atoms. The van der Waals surface area contributed by atoms with Crippen LogP contribution in [0.4, 0.5) is 0 Å². The lowest BCUT2D eigenvalue weighted by molar-refractivity contribution is 0.827. The molecule has 2 N–H and O–H groups in total. The van der Waals surface area contributed by atoms with E-state index in [9.17, 15) is 0 Å². The van der Waals surface area contributed by atoms with Gasteiger partial charge in [0.05, 0.1) is 17.3 Å². The van der Waals surface area contributed by atoms with Crippen molar-refractivity contribution in [1.29, 1.82) is 0 Å². The van der Waals surface area contributed by atoms with Gasteiger partial charge in [0.25, 0.3) is 0 Å². The predicted molar refractivity (Wildman–Crippen MR) is 91.4 cm³/mol. The SMILES string of the molecule is Cc1cc(C)cc(C(N)c2nc3ccccc3cc2Br)c1. The maximum absolute atomic E-state index is 6.45. The number of halogens is 1. The average molecular weight is 341 g/mol. The van der Waals surface area contributed by atoms with Gasteiger partial charge in [-0.3, -0.25) is 0 Å². The molecule has 0 amide bonds. The van der Waals surface area contributed by atoms with Gasteiger partial charge in [-0.1, -0.05) is 47.5 Å². The zero-order valence-electron chi connectivity index (χ0n) is 12.1. The number of hydrogen-bond donors (Lipinski definition) is 1. The molecule has 0 spiro atoms. The lowest BCUT2D eigenvalue weighted by Gasteiger charge is -2.16. The molecule has 2 nitrogen and oxygen atoms in total. The Balaban J connectivity index is 2.12. The normalized spacial score (nSPS) is 12.6. The second kappa shape index (κ2) is 5.58. The van der Waals surface area contributed by atoms with E-state index >= 15 is 0 Å². The third kappa shape index (κ3) is 2.85. The van der Waals surface area contributed by atoms with Crippen LogP contribution in [0.2, 0.25) is 0 Å². The molecule has 2 aromatic carbocycles. The summed E-state index contributed by atoms with van der Waals surface area (Å²) < 4.78 is 0.952. The second-order valence-electron chi connectivity index (χ2n) is 5.45. The molecular formula is C18H17BrN2. The molecular weight excluding hydrogens is 324 g/mol. The molecule has 0 saturated heterocycles. The van der Waals surface area contributed by atoms with Gasteiger partial charge in [0.1, 0.15) is 0 Å². The van der Waals surface area contributed by atoms with Crippen LogP contribution in [0, 0.1) is 13.8 Å². The summed E-state index contributed by atoms with van der Waals surface area (Å²) >= 11 is 3.61. The van der Waals surface area contributed by atoms with E-state index in [-0.39, 0.29) is 6.04 Å². The highest BCUT2D eigenvalue weighted by Gasteiger charge is 2.15. The van der Waals surface area contributed by atoms with Crippen molar-refractivity contribution in [2.75, 3.05) is 0 Å². The molecule has 3 aromatic rings. The van der Waals surface area contributed by atoms with Gasteiger partial charge in [-0.05, 0) is 47.5 Å². The molecule has 1 aromatic heterocycles. The predicted octanol–water partition coefficient (Wildman–Crippen LogP) is 4.66. The second-order valence-corrected chi connectivity index (χ2v) is 6.30. The molecule has 0 aliphatic carbocycles. The zero-order valence-corrected chi connectivity index (χ0v) is 13.7. The maximum atomic E-state index is 6.45. The standard InChI is InChI=1S/C18H17BrN2/c1-11-7-12(2)9-14(8-11)17(20)18-15(19)10-13-5-3-4-6-16(13)21-18/h3-10,17H,20H2,1-2H3. The number of aromatic nitrogens is 1. The van der Waals surface area contributed by atoms with Gasteiger partial charge in [0.15, 0.2) is 0 Å². The highest BCUT2D eigenvalue weighted by atomic mass is 79.9. The molecule has 106 valence electrons. The summed E-state index contributed by atoms with van der Waals surface area (Å²) in [4.78, 5) is 4.74. The van der Waals surface area contributed by atoms with Crippen molar-refractivity contribution in [3.63, 3.8) is 0 Å². The number of benzene rings is 2. The first-order valence-electron chi connectivity index (χ1n) is 6.93. The van der Waals surface area contributed by atoms with Gasteiger partial charge in [-0.2, -0.15) is 0 Å². The zero-order chi connectivity index (χ0) is 15.0. The summed E-state index contributed by atoms with van der Waals surface area (Å²) in [5, 5.41) is 1.11. The van der Waals surface area contributed by atoms with Gasteiger partial charge >= 0.3 is 0 Å². The first kappa shape index (κ1) is 14.2. The molecule has 21 heavy (non-hydrogen) atoms. The molecule has 1 atom stereocenters. The topological polar surface area (TPSA) is 38.9 Å². The minimum Gasteiger partial charge on any atom is -0.319 e. The van der Waals surface area contributed by atoms with Crippen LogP contribution < -0.4 is 5.73 Å². The number of hydrogen-bond acceptors (Lipinski definition) is 2. The van der Waals surface area contributed by atoms with E-state index in [1.165, 1.54) is 11.1 Å². The Labute approximate surface area is 133 Å². The van der Waals surface area contributed by atoms with Crippen molar-refractivity contribution >= 4 is 26.8 Å². The number of fused-ring (bicyclic) bond motifs is 1. The molecule has 3 rings (SSSR count). The summed E-state index contributed by atoms with van der Waals surface area (Å²) in [6.45, 7) is 4.18. The van der Waals surface area contributed by atoms with Crippen LogP contribution in [0.3, 0.4) is 0 Å². The first-order chi connectivity index (χ1) is 10.0. The Morgan fingerprint density at radius 1 is 1.00 bits per heavy atom. The Bertz CT molecular complexity index is 791. The summed E-state index contributed by atoms with van der Waals surface area (Å²) in [5.41, 5.74) is 11.8. The maximum Gasteiger partial charge on any atom is 0.0765 e.